The summed E-state index contributed by atoms with van der Waals surface area (Å²) in [5.41, 5.74) is 2.98. The van der Waals surface area contributed by atoms with Crippen molar-refractivity contribution in [1.82, 2.24) is 0 Å². The lowest BCUT2D eigenvalue weighted by atomic mass is 10.1. The summed E-state index contributed by atoms with van der Waals surface area (Å²) in [5, 5.41) is 12.2. The number of ether oxygens (including phenoxy) is 1. The number of fused-ring (bicyclic) bond motifs is 1. The molecule has 0 atom stereocenters. The molecule has 2 rings (SSSR count). The maximum atomic E-state index is 8.86. The van der Waals surface area contributed by atoms with E-state index in [2.05, 4.69) is 11.4 Å². The van der Waals surface area contributed by atoms with Gasteiger partial charge in [0.15, 0.2) is 0 Å². The van der Waals surface area contributed by atoms with Crippen LogP contribution in [0, 0.1) is 0 Å². The van der Waals surface area contributed by atoms with Gasteiger partial charge in [-0.15, -0.1) is 0 Å². The first kappa shape index (κ1) is 11.3. The predicted molar refractivity (Wildman–Crippen MR) is 67.0 cm³/mol. The van der Waals surface area contributed by atoms with Gasteiger partial charge in [0.05, 0.1) is 12.3 Å². The van der Waals surface area contributed by atoms with Crippen LogP contribution in [0.3, 0.4) is 0 Å². The molecule has 1 aromatic rings. The van der Waals surface area contributed by atoms with Crippen LogP contribution in [-0.4, -0.2) is 29.5 Å². The normalized spacial score (nSPS) is 16.4. The summed E-state index contributed by atoms with van der Waals surface area (Å²) in [6, 6.07) is 5.92. The average Bonchev–Trinajstić information content (AvgIpc) is 2.73. The number of hydrogen-bond acceptors (Lipinski definition) is 4. The van der Waals surface area contributed by atoms with Crippen LogP contribution < -0.4 is 4.74 Å². The van der Waals surface area contributed by atoms with Gasteiger partial charge in [-0.25, -0.2) is 0 Å². The molecule has 3 nitrogen and oxygen atoms in total. The third-order valence-electron chi connectivity index (χ3n) is 2.72. The molecule has 0 fully saturated rings. The molecule has 0 bridgehead atoms. The van der Waals surface area contributed by atoms with Gasteiger partial charge in [-0.1, -0.05) is 17.3 Å². The van der Waals surface area contributed by atoms with Gasteiger partial charge in [0.25, 0.3) is 0 Å². The summed E-state index contributed by atoms with van der Waals surface area (Å²) in [7, 11) is 0. The molecule has 0 aliphatic heterocycles. The number of benzene rings is 1. The molecule has 0 unspecified atom stereocenters. The molecule has 0 saturated carbocycles. The van der Waals surface area contributed by atoms with E-state index in [1.165, 1.54) is 5.56 Å². The first-order valence-corrected chi connectivity index (χ1v) is 6.71. The lowest BCUT2D eigenvalue weighted by Gasteiger charge is -2.09. The van der Waals surface area contributed by atoms with Crippen molar-refractivity contribution in [2.75, 3.05) is 18.6 Å². The summed E-state index contributed by atoms with van der Waals surface area (Å²) in [4.78, 5) is 0. The highest BCUT2D eigenvalue weighted by Gasteiger charge is 2.21. The quantitative estimate of drug-likeness (QED) is 0.497. The zero-order valence-corrected chi connectivity index (χ0v) is 10.1. The van der Waals surface area contributed by atoms with Crippen LogP contribution >= 0.6 is 11.8 Å². The van der Waals surface area contributed by atoms with Gasteiger partial charge in [-0.05, 0) is 25.2 Å². The first-order valence-electron chi connectivity index (χ1n) is 5.31. The molecule has 0 heterocycles. The summed E-state index contributed by atoms with van der Waals surface area (Å²) in [5.74, 6) is 1.93. The second kappa shape index (κ2) is 5.25. The Morgan fingerprint density at radius 3 is 3.06 bits per heavy atom. The van der Waals surface area contributed by atoms with Gasteiger partial charge in [-0.2, -0.15) is 11.8 Å². The molecule has 16 heavy (non-hydrogen) atoms. The Morgan fingerprint density at radius 1 is 1.44 bits per heavy atom. The van der Waals surface area contributed by atoms with Crippen molar-refractivity contribution in [3.63, 3.8) is 0 Å². The van der Waals surface area contributed by atoms with Crippen LogP contribution in [-0.2, 0) is 6.42 Å². The molecule has 0 saturated heterocycles. The van der Waals surface area contributed by atoms with E-state index in [1.54, 1.807) is 11.8 Å². The molecule has 1 aliphatic carbocycles. The smallest absolute Gasteiger partial charge is 0.123 e. The number of thioether (sulfide) groups is 1. The third kappa shape index (κ3) is 2.16. The van der Waals surface area contributed by atoms with Crippen LogP contribution in [0.4, 0.5) is 0 Å². The Morgan fingerprint density at radius 2 is 2.31 bits per heavy atom. The van der Waals surface area contributed by atoms with E-state index in [-0.39, 0.29) is 0 Å². The van der Waals surface area contributed by atoms with Crippen LogP contribution in [0.2, 0.25) is 0 Å². The molecule has 0 amide bonds. The topological polar surface area (TPSA) is 41.8 Å². The van der Waals surface area contributed by atoms with Gasteiger partial charge in [-0.3, -0.25) is 0 Å². The van der Waals surface area contributed by atoms with Gasteiger partial charge >= 0.3 is 0 Å². The van der Waals surface area contributed by atoms with Crippen molar-refractivity contribution in [2.24, 2.45) is 5.16 Å². The van der Waals surface area contributed by atoms with E-state index in [9.17, 15) is 0 Å². The van der Waals surface area contributed by atoms with Crippen molar-refractivity contribution in [2.45, 2.75) is 12.8 Å². The Kier molecular flexibility index (Phi) is 3.72. The summed E-state index contributed by atoms with van der Waals surface area (Å²) >= 11 is 1.77. The summed E-state index contributed by atoms with van der Waals surface area (Å²) in [6.45, 7) is 0.725. The summed E-state index contributed by atoms with van der Waals surface area (Å²) in [6.07, 6.45) is 3.77. The van der Waals surface area contributed by atoms with Gasteiger partial charge < -0.3 is 9.94 Å². The van der Waals surface area contributed by atoms with E-state index >= 15 is 0 Å². The van der Waals surface area contributed by atoms with E-state index in [0.717, 1.165) is 42.2 Å². The highest BCUT2D eigenvalue weighted by molar-refractivity contribution is 7.98. The van der Waals surface area contributed by atoms with Crippen LogP contribution in [0.5, 0.6) is 5.75 Å². The monoisotopic (exact) mass is 237 g/mol. The Labute approximate surface area is 99.5 Å². The van der Waals surface area contributed by atoms with Crippen molar-refractivity contribution in [3.8, 4) is 5.75 Å². The van der Waals surface area contributed by atoms with Crippen LogP contribution in [0.1, 0.15) is 17.5 Å². The Hall–Kier alpha value is -1.16. The minimum absolute atomic E-state index is 0.725. The summed E-state index contributed by atoms with van der Waals surface area (Å²) < 4.78 is 5.72. The molecule has 0 spiro atoms. The van der Waals surface area contributed by atoms with Crippen molar-refractivity contribution >= 4 is 17.5 Å². The molecule has 0 radical (unpaired) electrons. The fourth-order valence-corrected chi connectivity index (χ4v) is 2.20. The standard InChI is InChI=1S/C12H15NO2S/c1-16-8-7-15-12-4-2-3-9-10(12)5-6-11(9)13-14/h2-4,14H,5-8H2,1H3/b13-11+. The SMILES string of the molecule is CSCCOc1cccc2c1CC/C2=N\O. The number of nitrogens with zero attached hydrogens (tertiary/aromatic N) is 1. The highest BCUT2D eigenvalue weighted by atomic mass is 32.2. The second-order valence-electron chi connectivity index (χ2n) is 3.67. The van der Waals surface area contributed by atoms with E-state index in [0.29, 0.717) is 0 Å². The molecule has 86 valence electrons. The van der Waals surface area contributed by atoms with Crippen LogP contribution in [0.25, 0.3) is 0 Å². The van der Waals surface area contributed by atoms with Gasteiger partial charge in [0, 0.05) is 16.9 Å². The maximum absolute atomic E-state index is 8.86. The largest absolute Gasteiger partial charge is 0.492 e. The number of hydrogen-bond donors (Lipinski definition) is 1. The van der Waals surface area contributed by atoms with Crippen molar-refractivity contribution < 1.29 is 9.94 Å². The third-order valence-corrected chi connectivity index (χ3v) is 3.30. The number of oxime groups is 1. The van der Waals surface area contributed by atoms with Gasteiger partial charge in [0.2, 0.25) is 0 Å². The number of rotatable bonds is 4. The lowest BCUT2D eigenvalue weighted by molar-refractivity contribution is 0.318. The molecule has 4 heteroatoms. The zero-order chi connectivity index (χ0) is 11.4. The van der Waals surface area contributed by atoms with Crippen LogP contribution in [0.15, 0.2) is 23.4 Å². The maximum Gasteiger partial charge on any atom is 0.123 e. The van der Waals surface area contributed by atoms with Gasteiger partial charge in [0.1, 0.15) is 5.75 Å². The van der Waals surface area contributed by atoms with E-state index < -0.39 is 0 Å². The Bertz CT molecular complexity index is 404. The lowest BCUT2D eigenvalue weighted by Crippen LogP contribution is -2.02. The fourth-order valence-electron chi connectivity index (χ4n) is 1.95. The molecule has 1 aromatic carbocycles. The van der Waals surface area contributed by atoms with Crippen molar-refractivity contribution in [3.05, 3.63) is 29.3 Å². The molecule has 1 aliphatic rings. The first-order chi connectivity index (χ1) is 7.86. The highest BCUT2D eigenvalue weighted by Crippen LogP contribution is 2.30. The molecule has 0 aromatic heterocycles. The molecular weight excluding hydrogens is 222 g/mol. The zero-order valence-electron chi connectivity index (χ0n) is 9.27. The fraction of sp³-hybridized carbons (Fsp3) is 0.417. The van der Waals surface area contributed by atoms with E-state index in [4.69, 9.17) is 9.94 Å². The molecule has 1 N–H and O–H groups in total. The Balaban J connectivity index is 2.19. The minimum Gasteiger partial charge on any atom is -0.492 e. The van der Waals surface area contributed by atoms with Crippen molar-refractivity contribution in [1.29, 1.82) is 0 Å². The second-order valence-corrected chi connectivity index (χ2v) is 4.66. The molecular formula is C12H15NO2S. The average molecular weight is 237 g/mol. The minimum atomic E-state index is 0.725. The predicted octanol–water partition coefficient (Wildman–Crippen LogP) is 2.55. The van der Waals surface area contributed by atoms with E-state index in [1.807, 2.05) is 18.2 Å².